The molecule has 160 valence electrons. The number of carbonyl (C=O) groups excluding carboxylic acids is 1. The first-order valence-corrected chi connectivity index (χ1v) is 11.3. The summed E-state index contributed by atoms with van der Waals surface area (Å²) >= 11 is 0. The molecule has 30 heavy (non-hydrogen) atoms. The molecule has 4 atom stereocenters. The number of fused-ring (bicyclic) bond motifs is 4. The largest absolute Gasteiger partial charge is 0.336 e. The average molecular weight is 412 g/mol. The number of hydrogen-bond acceptors (Lipinski definition) is 4. The summed E-state index contributed by atoms with van der Waals surface area (Å²) in [7, 11) is 0. The zero-order chi connectivity index (χ0) is 20.7. The van der Waals surface area contributed by atoms with E-state index in [0.717, 1.165) is 63.3 Å². The SMILES string of the molecule is CCn1ncnc1CN1C[C@H]2C[C@@H](C1)[C@H](Cc1cccc(F)c1)N1C(=O)CCC[C@@H]21. The Labute approximate surface area is 177 Å². The van der Waals surface area contributed by atoms with E-state index in [1.54, 1.807) is 18.5 Å². The molecule has 3 saturated heterocycles. The summed E-state index contributed by atoms with van der Waals surface area (Å²) in [5, 5.41) is 4.32. The van der Waals surface area contributed by atoms with Crippen molar-refractivity contribution in [2.75, 3.05) is 13.1 Å². The van der Waals surface area contributed by atoms with Crippen LogP contribution in [-0.4, -0.2) is 55.6 Å². The maximum absolute atomic E-state index is 13.8. The van der Waals surface area contributed by atoms with E-state index in [1.807, 2.05) is 10.7 Å². The molecule has 0 radical (unpaired) electrons. The van der Waals surface area contributed by atoms with Crippen LogP contribution in [-0.2, 0) is 24.3 Å². The monoisotopic (exact) mass is 411 g/mol. The highest BCUT2D eigenvalue weighted by Gasteiger charge is 2.49. The summed E-state index contributed by atoms with van der Waals surface area (Å²) in [4.78, 5) is 22.1. The van der Waals surface area contributed by atoms with Crippen molar-refractivity contribution in [1.29, 1.82) is 0 Å². The van der Waals surface area contributed by atoms with Crippen LogP contribution >= 0.6 is 0 Å². The van der Waals surface area contributed by atoms with E-state index < -0.39 is 0 Å². The van der Waals surface area contributed by atoms with E-state index >= 15 is 0 Å². The zero-order valence-corrected chi connectivity index (χ0v) is 17.6. The van der Waals surface area contributed by atoms with Crippen LogP contribution < -0.4 is 0 Å². The molecule has 5 rings (SSSR count). The van der Waals surface area contributed by atoms with E-state index in [4.69, 9.17) is 0 Å². The molecular weight excluding hydrogens is 381 g/mol. The minimum absolute atomic E-state index is 0.146. The molecule has 6 nitrogen and oxygen atoms in total. The van der Waals surface area contributed by atoms with Crippen molar-refractivity contribution in [3.63, 3.8) is 0 Å². The maximum atomic E-state index is 13.8. The predicted octanol–water partition coefficient (Wildman–Crippen LogP) is 2.88. The van der Waals surface area contributed by atoms with Crippen LogP contribution in [0, 0.1) is 17.7 Å². The van der Waals surface area contributed by atoms with E-state index in [9.17, 15) is 9.18 Å². The lowest BCUT2D eigenvalue weighted by Gasteiger charge is -2.56. The van der Waals surface area contributed by atoms with Crippen molar-refractivity contribution >= 4 is 5.91 Å². The van der Waals surface area contributed by atoms with Gasteiger partial charge in [-0.25, -0.2) is 14.1 Å². The quantitative estimate of drug-likeness (QED) is 0.759. The topological polar surface area (TPSA) is 54.3 Å². The molecule has 4 heterocycles. The lowest BCUT2D eigenvalue weighted by molar-refractivity contribution is -0.152. The maximum Gasteiger partial charge on any atom is 0.223 e. The number of aromatic nitrogens is 3. The van der Waals surface area contributed by atoms with Gasteiger partial charge in [0.2, 0.25) is 5.91 Å². The second kappa shape index (κ2) is 8.10. The minimum atomic E-state index is -0.202. The molecule has 3 aliphatic rings. The normalized spacial score (nSPS) is 29.1. The molecule has 0 N–H and O–H groups in total. The first kappa shape index (κ1) is 19.7. The first-order chi connectivity index (χ1) is 14.6. The van der Waals surface area contributed by atoms with E-state index in [0.29, 0.717) is 30.2 Å². The van der Waals surface area contributed by atoms with E-state index in [1.165, 1.54) is 6.07 Å². The minimum Gasteiger partial charge on any atom is -0.336 e. The second-order valence-electron chi connectivity index (χ2n) is 9.10. The van der Waals surface area contributed by atoms with Crippen molar-refractivity contribution in [2.45, 2.75) is 64.2 Å². The fourth-order valence-corrected chi connectivity index (χ4v) is 6.04. The number of nitrogens with zero attached hydrogens (tertiary/aromatic N) is 5. The van der Waals surface area contributed by atoms with Gasteiger partial charge in [0.25, 0.3) is 0 Å². The highest BCUT2D eigenvalue weighted by atomic mass is 19.1. The summed E-state index contributed by atoms with van der Waals surface area (Å²) in [5.74, 6) is 2.02. The van der Waals surface area contributed by atoms with Crippen molar-refractivity contribution in [2.24, 2.45) is 11.8 Å². The number of benzene rings is 1. The van der Waals surface area contributed by atoms with Gasteiger partial charge in [-0.3, -0.25) is 9.69 Å². The molecule has 1 aromatic carbocycles. The third-order valence-corrected chi connectivity index (χ3v) is 7.27. The molecule has 7 heteroatoms. The smallest absolute Gasteiger partial charge is 0.223 e. The fraction of sp³-hybridized carbons (Fsp3) is 0.609. The predicted molar refractivity (Wildman–Crippen MR) is 111 cm³/mol. The van der Waals surface area contributed by atoms with Gasteiger partial charge in [-0.2, -0.15) is 5.10 Å². The van der Waals surface area contributed by atoms with Crippen LogP contribution in [0.25, 0.3) is 0 Å². The number of amides is 1. The van der Waals surface area contributed by atoms with Gasteiger partial charge in [-0.05, 0) is 62.1 Å². The number of piperidine rings is 3. The van der Waals surface area contributed by atoms with Gasteiger partial charge in [-0.1, -0.05) is 12.1 Å². The zero-order valence-electron chi connectivity index (χ0n) is 17.6. The molecule has 3 aliphatic heterocycles. The van der Waals surface area contributed by atoms with Crippen molar-refractivity contribution < 1.29 is 9.18 Å². The van der Waals surface area contributed by atoms with Crippen LogP contribution in [0.3, 0.4) is 0 Å². The molecule has 1 amide bonds. The van der Waals surface area contributed by atoms with Crippen LogP contribution in [0.15, 0.2) is 30.6 Å². The number of aryl methyl sites for hydroxylation is 1. The van der Waals surface area contributed by atoms with E-state index in [-0.39, 0.29) is 11.9 Å². The Morgan fingerprint density at radius 3 is 2.93 bits per heavy atom. The Morgan fingerprint density at radius 1 is 1.23 bits per heavy atom. The fourth-order valence-electron chi connectivity index (χ4n) is 6.04. The van der Waals surface area contributed by atoms with Crippen molar-refractivity contribution in [3.05, 3.63) is 47.8 Å². The molecule has 3 fully saturated rings. The Balaban J connectivity index is 1.41. The Kier molecular flexibility index (Phi) is 5.31. The molecule has 0 aliphatic carbocycles. The highest BCUT2D eigenvalue weighted by molar-refractivity contribution is 5.78. The number of likely N-dealkylation sites (tertiary alicyclic amines) is 1. The lowest BCUT2D eigenvalue weighted by atomic mass is 9.71. The lowest BCUT2D eigenvalue weighted by Crippen LogP contribution is -2.65. The third-order valence-electron chi connectivity index (χ3n) is 7.27. The van der Waals surface area contributed by atoms with Gasteiger partial charge >= 0.3 is 0 Å². The summed E-state index contributed by atoms with van der Waals surface area (Å²) < 4.78 is 15.8. The van der Waals surface area contributed by atoms with Crippen molar-refractivity contribution in [3.8, 4) is 0 Å². The van der Waals surface area contributed by atoms with Gasteiger partial charge in [0, 0.05) is 38.1 Å². The Hall–Kier alpha value is -2.28. The van der Waals surface area contributed by atoms with Gasteiger partial charge in [0.15, 0.2) is 0 Å². The summed E-state index contributed by atoms with van der Waals surface area (Å²) in [6.45, 7) is 5.67. The van der Waals surface area contributed by atoms with Crippen molar-refractivity contribution in [1.82, 2.24) is 24.6 Å². The third kappa shape index (κ3) is 3.64. The molecule has 0 saturated carbocycles. The number of hydrogen-bond donors (Lipinski definition) is 0. The summed E-state index contributed by atoms with van der Waals surface area (Å²) in [6.07, 6.45) is 6.25. The summed E-state index contributed by atoms with van der Waals surface area (Å²) in [6, 6.07) is 7.33. The van der Waals surface area contributed by atoms with Crippen LogP contribution in [0.1, 0.15) is 44.0 Å². The molecular formula is C23H30FN5O. The number of rotatable bonds is 5. The highest BCUT2D eigenvalue weighted by Crippen LogP contribution is 2.42. The van der Waals surface area contributed by atoms with E-state index in [2.05, 4.69) is 26.8 Å². The second-order valence-corrected chi connectivity index (χ2v) is 9.10. The van der Waals surface area contributed by atoms with Crippen LogP contribution in [0.2, 0.25) is 0 Å². The molecule has 0 spiro atoms. The standard InChI is InChI=1S/C23H30FN5O/c1-2-28-22(25-15-26-28)14-27-12-17-11-18(13-27)21(10-16-5-3-6-19(24)9-16)29-20(17)7-4-8-23(29)30/h3,5-6,9,15,17-18,20-21H,2,4,7-8,10-14H2,1H3/t17-,18+,20+,21+/m1/s1. The number of halogens is 1. The molecule has 1 aromatic heterocycles. The Bertz CT molecular complexity index is 915. The van der Waals surface area contributed by atoms with Crippen LogP contribution in [0.5, 0.6) is 0 Å². The average Bonchev–Trinajstić information content (AvgIpc) is 3.18. The molecule has 2 aromatic rings. The van der Waals surface area contributed by atoms with Gasteiger partial charge < -0.3 is 4.90 Å². The van der Waals surface area contributed by atoms with Gasteiger partial charge in [-0.15, -0.1) is 0 Å². The number of carbonyl (C=O) groups is 1. The van der Waals surface area contributed by atoms with Gasteiger partial charge in [0.05, 0.1) is 6.54 Å². The summed E-state index contributed by atoms with van der Waals surface area (Å²) in [5.41, 5.74) is 0.985. The van der Waals surface area contributed by atoms with Crippen LogP contribution in [0.4, 0.5) is 4.39 Å². The first-order valence-electron chi connectivity index (χ1n) is 11.3. The molecule has 0 unspecified atom stereocenters. The van der Waals surface area contributed by atoms with Gasteiger partial charge in [0.1, 0.15) is 18.0 Å². The molecule has 2 bridgehead atoms. The Morgan fingerprint density at radius 2 is 2.10 bits per heavy atom.